The number of sulfonamides is 1. The summed E-state index contributed by atoms with van der Waals surface area (Å²) in [6.07, 6.45) is 1.29. The van der Waals surface area contributed by atoms with E-state index in [1.807, 2.05) is 0 Å². The third-order valence-corrected chi connectivity index (χ3v) is 5.57. The Kier molecular flexibility index (Phi) is 5.89. The molecule has 17 heavy (non-hydrogen) atoms. The molecule has 6 heteroatoms. The molecule has 1 rings (SSSR count). The van der Waals surface area contributed by atoms with Gasteiger partial charge in [0.05, 0.1) is 6.26 Å². The van der Waals surface area contributed by atoms with Gasteiger partial charge in [0, 0.05) is 38.1 Å². The van der Waals surface area contributed by atoms with Crippen LogP contribution in [-0.2, 0) is 10.0 Å². The molecule has 1 unspecified atom stereocenters. The van der Waals surface area contributed by atoms with Gasteiger partial charge in [0.1, 0.15) is 0 Å². The van der Waals surface area contributed by atoms with E-state index in [-0.39, 0.29) is 0 Å². The number of alkyl halides is 1. The topological polar surface area (TPSA) is 40.6 Å². The van der Waals surface area contributed by atoms with Crippen LogP contribution in [-0.4, -0.2) is 61.9 Å². The molecule has 1 atom stereocenters. The average Bonchev–Trinajstić information content (AvgIpc) is 2.25. The zero-order valence-electron chi connectivity index (χ0n) is 10.9. The molecule has 0 spiro atoms. The van der Waals surface area contributed by atoms with Crippen LogP contribution in [0, 0.1) is 11.8 Å². The molecule has 1 aliphatic rings. The highest BCUT2D eigenvalue weighted by Crippen LogP contribution is 2.17. The van der Waals surface area contributed by atoms with E-state index >= 15 is 0 Å². The molecule has 102 valence electrons. The number of hydrogen-bond donors (Lipinski definition) is 0. The molecule has 4 nitrogen and oxygen atoms in total. The van der Waals surface area contributed by atoms with Gasteiger partial charge in [-0.1, -0.05) is 29.8 Å². The Morgan fingerprint density at radius 3 is 2.06 bits per heavy atom. The highest BCUT2D eigenvalue weighted by Gasteiger charge is 2.25. The highest BCUT2D eigenvalue weighted by atomic mass is 79.9. The second-order valence-corrected chi connectivity index (χ2v) is 7.75. The molecule has 0 bridgehead atoms. The number of nitrogens with zero attached hydrogens (tertiary/aromatic N) is 2. The maximum Gasteiger partial charge on any atom is 0.211 e. The molecule has 1 aliphatic heterocycles. The Morgan fingerprint density at radius 2 is 1.71 bits per heavy atom. The van der Waals surface area contributed by atoms with Crippen molar-refractivity contribution in [3.8, 4) is 0 Å². The van der Waals surface area contributed by atoms with E-state index in [9.17, 15) is 8.42 Å². The van der Waals surface area contributed by atoms with E-state index in [2.05, 4.69) is 34.7 Å². The fourth-order valence-corrected chi connectivity index (χ4v) is 3.79. The summed E-state index contributed by atoms with van der Waals surface area (Å²) in [5, 5.41) is 1.01. The van der Waals surface area contributed by atoms with Crippen LogP contribution in [0.2, 0.25) is 0 Å². The summed E-state index contributed by atoms with van der Waals surface area (Å²) in [5.41, 5.74) is 0. The molecular formula is C11H23BrN2O2S. The molecule has 1 heterocycles. The first-order valence-corrected chi connectivity index (χ1v) is 9.05. The lowest BCUT2D eigenvalue weighted by molar-refractivity contribution is 0.157. The van der Waals surface area contributed by atoms with Crippen molar-refractivity contribution in [3.63, 3.8) is 0 Å². The van der Waals surface area contributed by atoms with E-state index in [1.165, 1.54) is 6.26 Å². The molecule has 0 N–H and O–H groups in total. The van der Waals surface area contributed by atoms with Gasteiger partial charge in [-0.3, -0.25) is 0 Å². The molecule has 0 aromatic rings. The summed E-state index contributed by atoms with van der Waals surface area (Å²) in [7, 11) is -3.00. The summed E-state index contributed by atoms with van der Waals surface area (Å²) in [6, 6.07) is 0. The Labute approximate surface area is 114 Å². The summed E-state index contributed by atoms with van der Waals surface area (Å²) >= 11 is 3.55. The van der Waals surface area contributed by atoms with Gasteiger partial charge in [0.2, 0.25) is 10.0 Å². The van der Waals surface area contributed by atoms with Crippen LogP contribution in [0.15, 0.2) is 0 Å². The van der Waals surface area contributed by atoms with Gasteiger partial charge in [-0.25, -0.2) is 8.42 Å². The Hall–Kier alpha value is 0.350. The van der Waals surface area contributed by atoms with Gasteiger partial charge in [-0.2, -0.15) is 4.31 Å². The molecule has 0 radical (unpaired) electrons. The first kappa shape index (κ1) is 15.4. The van der Waals surface area contributed by atoms with Gasteiger partial charge in [0.15, 0.2) is 0 Å². The van der Waals surface area contributed by atoms with Crippen LogP contribution in [0.25, 0.3) is 0 Å². The minimum absolute atomic E-state index is 0.631. The Morgan fingerprint density at radius 1 is 1.18 bits per heavy atom. The van der Waals surface area contributed by atoms with Crippen molar-refractivity contribution in [3.05, 3.63) is 0 Å². The van der Waals surface area contributed by atoms with Crippen molar-refractivity contribution in [1.82, 2.24) is 9.21 Å². The lowest BCUT2D eigenvalue weighted by Crippen LogP contribution is -2.49. The zero-order chi connectivity index (χ0) is 13.1. The molecular weight excluding hydrogens is 304 g/mol. The van der Waals surface area contributed by atoms with E-state index in [1.54, 1.807) is 4.31 Å². The van der Waals surface area contributed by atoms with Gasteiger partial charge < -0.3 is 4.90 Å². The largest absolute Gasteiger partial charge is 0.300 e. The fraction of sp³-hybridized carbons (Fsp3) is 1.00. The van der Waals surface area contributed by atoms with E-state index < -0.39 is 10.0 Å². The normalized spacial score (nSPS) is 21.9. The molecule has 1 fully saturated rings. The molecule has 0 aromatic carbocycles. The van der Waals surface area contributed by atoms with E-state index in [4.69, 9.17) is 0 Å². The van der Waals surface area contributed by atoms with Crippen molar-refractivity contribution in [2.24, 2.45) is 11.8 Å². The van der Waals surface area contributed by atoms with E-state index in [0.717, 1.165) is 25.0 Å². The summed E-state index contributed by atoms with van der Waals surface area (Å²) < 4.78 is 24.3. The van der Waals surface area contributed by atoms with Gasteiger partial charge >= 0.3 is 0 Å². The zero-order valence-corrected chi connectivity index (χ0v) is 13.3. The van der Waals surface area contributed by atoms with Crippen molar-refractivity contribution < 1.29 is 8.42 Å². The first-order valence-electron chi connectivity index (χ1n) is 6.08. The van der Waals surface area contributed by atoms with Crippen molar-refractivity contribution in [2.75, 3.05) is 44.3 Å². The molecule has 0 amide bonds. The number of piperazine rings is 1. The monoisotopic (exact) mass is 326 g/mol. The fourth-order valence-electron chi connectivity index (χ4n) is 2.01. The molecule has 0 aliphatic carbocycles. The average molecular weight is 327 g/mol. The van der Waals surface area contributed by atoms with Crippen LogP contribution in [0.3, 0.4) is 0 Å². The second kappa shape index (κ2) is 6.50. The summed E-state index contributed by atoms with van der Waals surface area (Å²) in [5.74, 6) is 1.29. The van der Waals surface area contributed by atoms with E-state index in [0.29, 0.717) is 24.9 Å². The molecule has 0 saturated carbocycles. The third-order valence-electron chi connectivity index (χ3n) is 3.43. The summed E-state index contributed by atoms with van der Waals surface area (Å²) in [6.45, 7) is 8.49. The minimum atomic E-state index is -3.00. The number of halogens is 1. The Balaban J connectivity index is 2.42. The van der Waals surface area contributed by atoms with Crippen LogP contribution >= 0.6 is 15.9 Å². The SMILES string of the molecule is CC(C)C(CBr)CN1CCN(S(C)(=O)=O)CC1. The third kappa shape index (κ3) is 4.85. The minimum Gasteiger partial charge on any atom is -0.300 e. The van der Waals surface area contributed by atoms with Crippen LogP contribution in [0.4, 0.5) is 0 Å². The molecule has 0 aromatic heterocycles. The predicted molar refractivity (Wildman–Crippen MR) is 75.0 cm³/mol. The first-order chi connectivity index (χ1) is 7.84. The van der Waals surface area contributed by atoms with Gasteiger partial charge in [-0.15, -0.1) is 0 Å². The lowest BCUT2D eigenvalue weighted by Gasteiger charge is -2.35. The van der Waals surface area contributed by atoms with Gasteiger partial charge in [-0.05, 0) is 11.8 Å². The maximum atomic E-state index is 11.4. The smallest absolute Gasteiger partial charge is 0.211 e. The van der Waals surface area contributed by atoms with Gasteiger partial charge in [0.25, 0.3) is 0 Å². The number of rotatable bonds is 5. The maximum absolute atomic E-state index is 11.4. The van der Waals surface area contributed by atoms with Crippen molar-refractivity contribution in [1.29, 1.82) is 0 Å². The number of hydrogen-bond acceptors (Lipinski definition) is 3. The predicted octanol–water partition coefficient (Wildman–Crippen LogP) is 1.23. The second-order valence-electron chi connectivity index (χ2n) is 5.12. The summed E-state index contributed by atoms with van der Waals surface area (Å²) in [4.78, 5) is 2.37. The van der Waals surface area contributed by atoms with Crippen molar-refractivity contribution >= 4 is 26.0 Å². The van der Waals surface area contributed by atoms with Crippen LogP contribution in [0.5, 0.6) is 0 Å². The highest BCUT2D eigenvalue weighted by molar-refractivity contribution is 9.09. The molecule has 1 saturated heterocycles. The van der Waals surface area contributed by atoms with Crippen LogP contribution < -0.4 is 0 Å². The van der Waals surface area contributed by atoms with Crippen molar-refractivity contribution in [2.45, 2.75) is 13.8 Å². The standard InChI is InChI=1S/C11H23BrN2O2S/c1-10(2)11(8-12)9-13-4-6-14(7-5-13)17(3,15)16/h10-11H,4-9H2,1-3H3. The quantitative estimate of drug-likeness (QED) is 0.713. The van der Waals surface area contributed by atoms with Crippen LogP contribution in [0.1, 0.15) is 13.8 Å². The Bertz CT molecular complexity index is 324. The lowest BCUT2D eigenvalue weighted by atomic mass is 9.97.